The molecule has 0 aromatic carbocycles. The minimum atomic E-state index is -1.11. The van der Waals surface area contributed by atoms with Crippen molar-refractivity contribution in [2.24, 2.45) is 0 Å². The van der Waals surface area contributed by atoms with Gasteiger partial charge < -0.3 is 14.9 Å². The molecule has 16 heavy (non-hydrogen) atoms. The molecule has 0 aliphatic carbocycles. The van der Waals surface area contributed by atoms with Crippen LogP contribution in [0.15, 0.2) is 6.33 Å². The maximum Gasteiger partial charge on any atom is 0.377 e. The van der Waals surface area contributed by atoms with Crippen LogP contribution in [0.25, 0.3) is 0 Å². The van der Waals surface area contributed by atoms with Gasteiger partial charge in [-0.15, -0.1) is 5.10 Å². The smallest absolute Gasteiger partial charge is 0.377 e. The Morgan fingerprint density at radius 3 is 2.88 bits per heavy atom. The van der Waals surface area contributed by atoms with Crippen molar-refractivity contribution in [3.63, 3.8) is 0 Å². The van der Waals surface area contributed by atoms with Crippen LogP contribution in [-0.2, 0) is 16.1 Å². The van der Waals surface area contributed by atoms with Gasteiger partial charge in [-0.05, 0) is 0 Å². The lowest BCUT2D eigenvalue weighted by molar-refractivity contribution is -0.139. The number of ether oxygens (including phenoxy) is 1. The number of nitrogens with zero attached hydrogens (tertiary/aromatic N) is 3. The summed E-state index contributed by atoms with van der Waals surface area (Å²) in [6.45, 7) is -0.0453. The quantitative estimate of drug-likeness (QED) is 0.616. The van der Waals surface area contributed by atoms with E-state index >= 15 is 0 Å². The van der Waals surface area contributed by atoms with Crippen LogP contribution in [0.3, 0.4) is 0 Å². The van der Waals surface area contributed by atoms with Gasteiger partial charge in [0.05, 0.1) is 26.2 Å². The van der Waals surface area contributed by atoms with Crippen LogP contribution in [0, 0.1) is 0 Å². The molecule has 0 saturated heterocycles. The van der Waals surface area contributed by atoms with Gasteiger partial charge in [0, 0.05) is 0 Å². The van der Waals surface area contributed by atoms with Crippen LogP contribution >= 0.6 is 0 Å². The van der Waals surface area contributed by atoms with E-state index in [2.05, 4.69) is 14.8 Å². The van der Waals surface area contributed by atoms with E-state index in [9.17, 15) is 14.7 Å². The van der Waals surface area contributed by atoms with Gasteiger partial charge >= 0.3 is 11.9 Å². The molecule has 1 atom stereocenters. The van der Waals surface area contributed by atoms with E-state index in [0.717, 1.165) is 0 Å². The van der Waals surface area contributed by atoms with Crippen LogP contribution < -0.4 is 0 Å². The van der Waals surface area contributed by atoms with E-state index < -0.39 is 24.5 Å². The predicted molar refractivity (Wildman–Crippen MR) is 49.6 cm³/mol. The lowest BCUT2D eigenvalue weighted by Gasteiger charge is -2.06. The largest absolute Gasteiger partial charge is 0.481 e. The Balaban J connectivity index is 2.58. The molecule has 0 spiro atoms. The number of aliphatic hydroxyl groups is 1. The molecule has 0 amide bonds. The standard InChI is InChI=1S/C8H11N3O5/c1-16-8(15)7-9-4-11(10-7)3-5(12)2-6(13)14/h4-5,12H,2-3H2,1H3,(H,13,14). The highest BCUT2D eigenvalue weighted by molar-refractivity contribution is 5.84. The van der Waals surface area contributed by atoms with Crippen molar-refractivity contribution in [1.82, 2.24) is 14.8 Å². The van der Waals surface area contributed by atoms with Gasteiger partial charge in [0.25, 0.3) is 5.82 Å². The van der Waals surface area contributed by atoms with E-state index in [1.807, 2.05) is 0 Å². The molecule has 8 nitrogen and oxygen atoms in total. The molecular formula is C8H11N3O5. The zero-order valence-electron chi connectivity index (χ0n) is 8.53. The fraction of sp³-hybridized carbons (Fsp3) is 0.500. The summed E-state index contributed by atoms with van der Waals surface area (Å²) in [6.07, 6.45) is -0.255. The average Bonchev–Trinajstić information content (AvgIpc) is 2.63. The molecule has 2 N–H and O–H groups in total. The lowest BCUT2D eigenvalue weighted by Crippen LogP contribution is -2.20. The van der Waals surface area contributed by atoms with Crippen LogP contribution in [0.2, 0.25) is 0 Å². The molecule has 0 fully saturated rings. The third-order valence-electron chi connectivity index (χ3n) is 1.71. The number of rotatable bonds is 5. The third kappa shape index (κ3) is 3.31. The second-order valence-electron chi connectivity index (χ2n) is 3.03. The number of hydrogen-bond donors (Lipinski definition) is 2. The summed E-state index contributed by atoms with van der Waals surface area (Å²) in [7, 11) is 1.20. The molecule has 0 aliphatic heterocycles. The van der Waals surface area contributed by atoms with Crippen LogP contribution in [-0.4, -0.2) is 50.1 Å². The summed E-state index contributed by atoms with van der Waals surface area (Å²) in [6, 6.07) is 0. The fourth-order valence-corrected chi connectivity index (χ4v) is 1.05. The Kier molecular flexibility index (Phi) is 3.95. The monoisotopic (exact) mass is 229 g/mol. The van der Waals surface area contributed by atoms with Crippen LogP contribution in [0.5, 0.6) is 0 Å². The maximum absolute atomic E-state index is 11.0. The number of esters is 1. The molecule has 1 heterocycles. The Bertz CT molecular complexity index is 389. The zero-order valence-corrected chi connectivity index (χ0v) is 8.53. The molecule has 0 saturated carbocycles. The van der Waals surface area contributed by atoms with Gasteiger partial charge in [-0.25, -0.2) is 14.5 Å². The lowest BCUT2D eigenvalue weighted by atomic mass is 10.2. The minimum absolute atomic E-state index is 0.0453. The Labute approximate surface area is 90.5 Å². The summed E-state index contributed by atoms with van der Waals surface area (Å²) in [5.74, 6) is -1.93. The Morgan fingerprint density at radius 1 is 1.62 bits per heavy atom. The van der Waals surface area contributed by atoms with Crippen molar-refractivity contribution in [3.05, 3.63) is 12.2 Å². The van der Waals surface area contributed by atoms with Gasteiger partial charge in [0.15, 0.2) is 0 Å². The number of methoxy groups -OCH3 is 1. The highest BCUT2D eigenvalue weighted by atomic mass is 16.5. The van der Waals surface area contributed by atoms with Gasteiger partial charge in [0.2, 0.25) is 0 Å². The molecule has 88 valence electrons. The molecule has 0 bridgehead atoms. The minimum Gasteiger partial charge on any atom is -0.481 e. The highest BCUT2D eigenvalue weighted by Gasteiger charge is 2.14. The average molecular weight is 229 g/mol. The van der Waals surface area contributed by atoms with Gasteiger partial charge in [-0.2, -0.15) is 0 Å². The number of aliphatic carboxylic acids is 1. The SMILES string of the molecule is COC(=O)c1ncn(CC(O)CC(=O)O)n1. The Hall–Kier alpha value is -1.96. The van der Waals surface area contributed by atoms with Crippen molar-refractivity contribution in [2.45, 2.75) is 19.1 Å². The van der Waals surface area contributed by atoms with E-state index in [1.165, 1.54) is 18.1 Å². The van der Waals surface area contributed by atoms with Crippen molar-refractivity contribution >= 4 is 11.9 Å². The van der Waals surface area contributed by atoms with Crippen LogP contribution in [0.4, 0.5) is 0 Å². The Morgan fingerprint density at radius 2 is 2.31 bits per heavy atom. The number of carboxylic acid groups (broad SMARTS) is 1. The first-order chi connectivity index (χ1) is 7.52. The highest BCUT2D eigenvalue weighted by Crippen LogP contribution is 1.98. The number of carbonyl (C=O) groups excluding carboxylic acids is 1. The van der Waals surface area contributed by atoms with Crippen molar-refractivity contribution < 1.29 is 24.5 Å². The number of aliphatic hydroxyl groups excluding tert-OH is 1. The molecule has 8 heteroatoms. The van der Waals surface area contributed by atoms with E-state index in [-0.39, 0.29) is 12.4 Å². The number of carbonyl (C=O) groups is 2. The van der Waals surface area contributed by atoms with Crippen molar-refractivity contribution in [1.29, 1.82) is 0 Å². The first-order valence-electron chi connectivity index (χ1n) is 4.40. The third-order valence-corrected chi connectivity index (χ3v) is 1.71. The maximum atomic E-state index is 11.0. The first-order valence-corrected chi connectivity index (χ1v) is 4.40. The van der Waals surface area contributed by atoms with E-state index in [4.69, 9.17) is 5.11 Å². The number of hydrogen-bond acceptors (Lipinski definition) is 6. The molecule has 1 aromatic rings. The van der Waals surface area contributed by atoms with Crippen molar-refractivity contribution in [2.75, 3.05) is 7.11 Å². The molecule has 0 aliphatic rings. The summed E-state index contributed by atoms with van der Waals surface area (Å²) in [5, 5.41) is 21.4. The summed E-state index contributed by atoms with van der Waals surface area (Å²) in [4.78, 5) is 24.9. The summed E-state index contributed by atoms with van der Waals surface area (Å²) in [5.41, 5.74) is 0. The summed E-state index contributed by atoms with van der Waals surface area (Å²) >= 11 is 0. The van der Waals surface area contributed by atoms with E-state index in [0.29, 0.717) is 0 Å². The fourth-order valence-electron chi connectivity index (χ4n) is 1.05. The van der Waals surface area contributed by atoms with Crippen molar-refractivity contribution in [3.8, 4) is 0 Å². The van der Waals surface area contributed by atoms with Crippen LogP contribution in [0.1, 0.15) is 17.0 Å². The van der Waals surface area contributed by atoms with E-state index in [1.54, 1.807) is 0 Å². The second kappa shape index (κ2) is 5.21. The predicted octanol–water partition coefficient (Wildman–Crippen LogP) is -1.10. The first kappa shape index (κ1) is 12.1. The topological polar surface area (TPSA) is 115 Å². The molecule has 1 aromatic heterocycles. The number of carboxylic acids is 1. The zero-order chi connectivity index (χ0) is 12.1. The molecule has 1 rings (SSSR count). The van der Waals surface area contributed by atoms with Gasteiger partial charge in [-0.1, -0.05) is 0 Å². The molecule has 1 unspecified atom stereocenters. The van der Waals surface area contributed by atoms with Gasteiger partial charge in [0.1, 0.15) is 6.33 Å². The van der Waals surface area contributed by atoms with Gasteiger partial charge in [-0.3, -0.25) is 4.79 Å². The summed E-state index contributed by atoms with van der Waals surface area (Å²) < 4.78 is 5.57. The molecule has 0 radical (unpaired) electrons. The number of aromatic nitrogens is 3. The second-order valence-corrected chi connectivity index (χ2v) is 3.03. The molecular weight excluding hydrogens is 218 g/mol. The normalized spacial score (nSPS) is 12.1.